The minimum absolute atomic E-state index is 0.0464. The van der Waals surface area contributed by atoms with Crippen molar-refractivity contribution in [1.29, 1.82) is 5.26 Å². The van der Waals surface area contributed by atoms with E-state index >= 15 is 0 Å². The first-order valence-corrected chi connectivity index (χ1v) is 10.6. The monoisotopic (exact) mass is 534 g/mol. The maximum atomic E-state index is 12.6. The van der Waals surface area contributed by atoms with E-state index in [2.05, 4.69) is 37.2 Å². The lowest BCUT2D eigenvalue weighted by Crippen LogP contribution is -2.15. The van der Waals surface area contributed by atoms with Gasteiger partial charge in [0.1, 0.15) is 17.4 Å². The summed E-state index contributed by atoms with van der Waals surface area (Å²) in [5.41, 5.74) is 3.12. The fraction of sp³-hybridized carbons (Fsp3) is 0.227. The van der Waals surface area contributed by atoms with Gasteiger partial charge in [-0.2, -0.15) is 5.26 Å². The molecule has 30 heavy (non-hydrogen) atoms. The van der Waals surface area contributed by atoms with Gasteiger partial charge in [0.15, 0.2) is 6.61 Å². The summed E-state index contributed by atoms with van der Waals surface area (Å²) in [5, 5.41) is 12.2. The number of nitrogens with zero attached hydrogens (tertiary/aromatic N) is 1. The van der Waals surface area contributed by atoms with Crippen molar-refractivity contribution < 1.29 is 19.1 Å². The number of benzene rings is 2. The van der Waals surface area contributed by atoms with Crippen LogP contribution < -0.4 is 10.1 Å². The first-order valence-electron chi connectivity index (χ1n) is 9.03. The Morgan fingerprint density at radius 1 is 1.17 bits per heavy atom. The molecule has 0 aliphatic heterocycles. The smallest absolute Gasteiger partial charge is 0.344 e. The summed E-state index contributed by atoms with van der Waals surface area (Å²) < 4.78 is 11.4. The molecule has 0 spiro atoms. The zero-order chi connectivity index (χ0) is 22.3. The normalized spacial score (nSPS) is 10.9. The van der Waals surface area contributed by atoms with Gasteiger partial charge < -0.3 is 14.8 Å². The highest BCUT2D eigenvalue weighted by Crippen LogP contribution is 2.35. The molecule has 1 amide bonds. The van der Waals surface area contributed by atoms with E-state index in [9.17, 15) is 14.9 Å². The Balaban J connectivity index is 2.22. The van der Waals surface area contributed by atoms with Gasteiger partial charge in [0.2, 0.25) is 0 Å². The molecule has 6 nitrogen and oxygen atoms in total. The summed E-state index contributed by atoms with van der Waals surface area (Å²) in [6.45, 7) is 5.57. The van der Waals surface area contributed by atoms with Crippen molar-refractivity contribution in [3.63, 3.8) is 0 Å². The number of halogens is 2. The lowest BCUT2D eigenvalue weighted by molar-refractivity contribution is -0.145. The maximum absolute atomic E-state index is 12.6. The summed E-state index contributed by atoms with van der Waals surface area (Å²) in [6.07, 6.45) is 1.48. The number of anilines is 1. The van der Waals surface area contributed by atoms with E-state index in [1.807, 2.05) is 38.1 Å². The first kappa shape index (κ1) is 23.6. The van der Waals surface area contributed by atoms with Crippen LogP contribution in [0.3, 0.4) is 0 Å². The molecule has 0 saturated heterocycles. The molecule has 0 aromatic heterocycles. The molecule has 2 aromatic carbocycles. The number of aryl methyl sites for hydroxylation is 2. The lowest BCUT2D eigenvalue weighted by Gasteiger charge is -2.11. The van der Waals surface area contributed by atoms with Crippen LogP contribution in [-0.4, -0.2) is 25.1 Å². The van der Waals surface area contributed by atoms with E-state index < -0.39 is 11.9 Å². The SMILES string of the molecule is CCOC(=O)COc1c(Br)cc(/C=C(\C#N)C(=O)Nc2cc(C)ccc2C)cc1Br. The Morgan fingerprint density at radius 3 is 2.43 bits per heavy atom. The fourth-order valence-electron chi connectivity index (χ4n) is 2.51. The van der Waals surface area contributed by atoms with Crippen LogP contribution in [0.5, 0.6) is 5.75 Å². The molecule has 1 N–H and O–H groups in total. The minimum atomic E-state index is -0.499. The van der Waals surface area contributed by atoms with Crippen LogP contribution in [0.1, 0.15) is 23.6 Å². The Morgan fingerprint density at radius 2 is 1.83 bits per heavy atom. The van der Waals surface area contributed by atoms with E-state index in [1.165, 1.54) is 6.08 Å². The van der Waals surface area contributed by atoms with Crippen LogP contribution in [0.25, 0.3) is 6.08 Å². The second kappa shape index (κ2) is 11.0. The van der Waals surface area contributed by atoms with Gasteiger partial charge in [0, 0.05) is 5.69 Å². The van der Waals surface area contributed by atoms with E-state index in [4.69, 9.17) is 9.47 Å². The van der Waals surface area contributed by atoms with Gasteiger partial charge in [-0.1, -0.05) is 12.1 Å². The Labute approximate surface area is 192 Å². The third-order valence-corrected chi connectivity index (χ3v) is 5.16. The number of carbonyl (C=O) groups is 2. The van der Waals surface area contributed by atoms with E-state index in [0.29, 0.717) is 25.9 Å². The second-order valence-corrected chi connectivity index (χ2v) is 8.06. The molecule has 0 aliphatic rings. The molecular formula is C22H20Br2N2O4. The van der Waals surface area contributed by atoms with E-state index in [1.54, 1.807) is 19.1 Å². The van der Waals surface area contributed by atoms with Gasteiger partial charge in [0.05, 0.1) is 15.6 Å². The van der Waals surface area contributed by atoms with Crippen LogP contribution in [0, 0.1) is 25.2 Å². The molecule has 0 aliphatic carbocycles. The number of nitriles is 1. The number of ether oxygens (including phenoxy) is 2. The van der Waals surface area contributed by atoms with Gasteiger partial charge in [-0.05, 0) is 93.6 Å². The third-order valence-electron chi connectivity index (χ3n) is 3.98. The van der Waals surface area contributed by atoms with E-state index in [0.717, 1.165) is 11.1 Å². The Bertz CT molecular complexity index is 1020. The summed E-state index contributed by atoms with van der Waals surface area (Å²) >= 11 is 6.77. The van der Waals surface area contributed by atoms with Crippen LogP contribution in [-0.2, 0) is 14.3 Å². The molecule has 2 rings (SSSR count). The maximum Gasteiger partial charge on any atom is 0.344 e. The van der Waals surface area contributed by atoms with Crippen molar-refractivity contribution in [3.8, 4) is 11.8 Å². The molecule has 0 fully saturated rings. The Hall–Kier alpha value is -2.63. The summed E-state index contributed by atoms with van der Waals surface area (Å²) in [7, 11) is 0. The molecule has 0 radical (unpaired) electrons. The first-order chi connectivity index (χ1) is 14.2. The highest BCUT2D eigenvalue weighted by atomic mass is 79.9. The van der Waals surface area contributed by atoms with Gasteiger partial charge in [-0.15, -0.1) is 0 Å². The minimum Gasteiger partial charge on any atom is -0.480 e. The predicted octanol–water partition coefficient (Wildman–Crippen LogP) is 5.32. The molecular weight excluding hydrogens is 516 g/mol. The number of amides is 1. The molecule has 0 bridgehead atoms. The highest BCUT2D eigenvalue weighted by Gasteiger charge is 2.14. The molecule has 8 heteroatoms. The average molecular weight is 536 g/mol. The van der Waals surface area contributed by atoms with Crippen molar-refractivity contribution in [2.45, 2.75) is 20.8 Å². The standard InChI is InChI=1S/C22H20Br2N2O4/c1-4-29-20(27)12-30-21-17(23)9-15(10-18(21)24)8-16(11-25)22(28)26-19-7-13(2)5-6-14(19)3/h5-10H,4,12H2,1-3H3,(H,26,28)/b16-8+. The molecule has 0 saturated carbocycles. The predicted molar refractivity (Wildman–Crippen MR) is 122 cm³/mol. The number of hydrogen-bond acceptors (Lipinski definition) is 5. The summed E-state index contributed by atoms with van der Waals surface area (Å²) in [6, 6.07) is 11.0. The average Bonchev–Trinajstić information content (AvgIpc) is 2.68. The number of nitrogens with one attached hydrogen (secondary N) is 1. The second-order valence-electron chi connectivity index (χ2n) is 6.35. The van der Waals surface area contributed by atoms with Gasteiger partial charge in [-0.25, -0.2) is 4.79 Å². The van der Waals surface area contributed by atoms with Crippen molar-refractivity contribution in [2.24, 2.45) is 0 Å². The van der Waals surface area contributed by atoms with Crippen molar-refractivity contribution in [1.82, 2.24) is 0 Å². The Kier molecular flexibility index (Phi) is 8.63. The zero-order valence-electron chi connectivity index (χ0n) is 16.7. The van der Waals surface area contributed by atoms with E-state index in [-0.39, 0.29) is 18.8 Å². The molecule has 2 aromatic rings. The number of carbonyl (C=O) groups excluding carboxylic acids is 2. The van der Waals surface area contributed by atoms with Crippen LogP contribution in [0.15, 0.2) is 44.9 Å². The fourth-order valence-corrected chi connectivity index (χ4v) is 3.96. The summed E-state index contributed by atoms with van der Waals surface area (Å²) in [4.78, 5) is 24.1. The van der Waals surface area contributed by atoms with Crippen LogP contribution >= 0.6 is 31.9 Å². The van der Waals surface area contributed by atoms with Crippen LogP contribution in [0.4, 0.5) is 5.69 Å². The zero-order valence-corrected chi connectivity index (χ0v) is 19.9. The van der Waals surface area contributed by atoms with Crippen LogP contribution in [0.2, 0.25) is 0 Å². The number of rotatable bonds is 7. The van der Waals surface area contributed by atoms with Gasteiger partial charge >= 0.3 is 5.97 Å². The molecule has 0 atom stereocenters. The number of esters is 1. The van der Waals surface area contributed by atoms with Gasteiger partial charge in [-0.3, -0.25) is 4.79 Å². The van der Waals surface area contributed by atoms with Gasteiger partial charge in [0.25, 0.3) is 5.91 Å². The van der Waals surface area contributed by atoms with Crippen molar-refractivity contribution in [3.05, 3.63) is 61.5 Å². The largest absolute Gasteiger partial charge is 0.480 e. The number of hydrogen-bond donors (Lipinski definition) is 1. The molecule has 0 unspecified atom stereocenters. The van der Waals surface area contributed by atoms with Crippen molar-refractivity contribution >= 4 is 55.5 Å². The molecule has 156 valence electrons. The summed E-state index contributed by atoms with van der Waals surface area (Å²) in [5.74, 6) is -0.560. The quantitative estimate of drug-likeness (QED) is 0.294. The third kappa shape index (κ3) is 6.44. The topological polar surface area (TPSA) is 88.4 Å². The molecule has 0 heterocycles. The highest BCUT2D eigenvalue weighted by molar-refractivity contribution is 9.11. The lowest BCUT2D eigenvalue weighted by atomic mass is 10.1. The van der Waals surface area contributed by atoms with Crippen molar-refractivity contribution in [2.75, 3.05) is 18.5 Å².